The highest BCUT2D eigenvalue weighted by molar-refractivity contribution is 5.96. The first-order valence-corrected chi connectivity index (χ1v) is 10.5. The fourth-order valence-corrected chi connectivity index (χ4v) is 4.21. The Bertz CT molecular complexity index is 1420. The van der Waals surface area contributed by atoms with Gasteiger partial charge in [-0.25, -0.2) is 0 Å². The van der Waals surface area contributed by atoms with Gasteiger partial charge in [-0.2, -0.15) is 5.26 Å². The molecule has 0 radical (unpaired) electrons. The van der Waals surface area contributed by atoms with Gasteiger partial charge in [0, 0.05) is 11.1 Å². The van der Waals surface area contributed by atoms with Gasteiger partial charge in [0.25, 0.3) is 5.91 Å². The Labute approximate surface area is 191 Å². The van der Waals surface area contributed by atoms with Crippen LogP contribution >= 0.6 is 0 Å². The minimum atomic E-state index is -0.415. The summed E-state index contributed by atoms with van der Waals surface area (Å²) in [5.41, 5.74) is 2.62. The first-order chi connectivity index (χ1) is 16.2. The van der Waals surface area contributed by atoms with Crippen molar-refractivity contribution in [1.29, 1.82) is 5.26 Å². The minimum absolute atomic E-state index is 0.148. The van der Waals surface area contributed by atoms with Crippen LogP contribution in [0, 0.1) is 11.3 Å². The van der Waals surface area contributed by atoms with E-state index < -0.39 is 5.92 Å². The number of benzene rings is 4. The minimum Gasteiger partial charge on any atom is -0.497 e. The van der Waals surface area contributed by atoms with E-state index in [9.17, 15) is 10.1 Å². The zero-order valence-electron chi connectivity index (χ0n) is 17.9. The Balaban J connectivity index is 1.68. The van der Waals surface area contributed by atoms with E-state index in [0.29, 0.717) is 16.9 Å². The Morgan fingerprint density at radius 3 is 2.39 bits per heavy atom. The van der Waals surface area contributed by atoms with Crippen LogP contribution < -0.4 is 14.8 Å². The number of methoxy groups -OCH3 is 1. The van der Waals surface area contributed by atoms with Crippen molar-refractivity contribution < 1.29 is 14.3 Å². The molecule has 1 amide bonds. The maximum absolute atomic E-state index is 12.9. The standard InChI is InChI=1S/C28H20N2O3/c1-32-21-14-11-19(12-15-21)25-23(17-29)28(30-27(31)20-8-3-2-4-9-20)33-24-16-13-18-7-5-6-10-22(18)26(24)25/h2-16,25H,1H3,(H,30,31). The van der Waals surface area contributed by atoms with Crippen LogP contribution in [0.5, 0.6) is 11.5 Å². The highest BCUT2D eigenvalue weighted by Gasteiger charge is 2.34. The fraction of sp³-hybridized carbons (Fsp3) is 0.0714. The van der Waals surface area contributed by atoms with Crippen molar-refractivity contribution in [3.63, 3.8) is 0 Å². The van der Waals surface area contributed by atoms with Gasteiger partial charge in [0.1, 0.15) is 23.1 Å². The SMILES string of the molecule is COc1ccc(C2C(C#N)=C(NC(=O)c3ccccc3)Oc3ccc4ccccc4c32)cc1. The van der Waals surface area contributed by atoms with Crippen LogP contribution in [0.3, 0.4) is 0 Å². The summed E-state index contributed by atoms with van der Waals surface area (Å²) in [6.07, 6.45) is 0. The monoisotopic (exact) mass is 432 g/mol. The topological polar surface area (TPSA) is 71.3 Å². The van der Waals surface area contributed by atoms with Crippen molar-refractivity contribution in [3.8, 4) is 17.6 Å². The van der Waals surface area contributed by atoms with Gasteiger partial charge in [0.15, 0.2) is 0 Å². The molecule has 1 atom stereocenters. The van der Waals surface area contributed by atoms with Crippen LogP contribution in [0.15, 0.2) is 102 Å². The van der Waals surface area contributed by atoms with E-state index >= 15 is 0 Å². The molecule has 0 saturated heterocycles. The summed E-state index contributed by atoms with van der Waals surface area (Å²) in [5, 5.41) is 15.1. The second-order valence-corrected chi connectivity index (χ2v) is 7.68. The third-order valence-corrected chi connectivity index (χ3v) is 5.80. The maximum Gasteiger partial charge on any atom is 0.257 e. The van der Waals surface area contributed by atoms with Gasteiger partial charge in [-0.05, 0) is 46.7 Å². The molecule has 0 aromatic heterocycles. The zero-order chi connectivity index (χ0) is 22.8. The van der Waals surface area contributed by atoms with Crippen LogP contribution in [-0.4, -0.2) is 13.0 Å². The van der Waals surface area contributed by atoms with E-state index in [1.165, 1.54) is 0 Å². The van der Waals surface area contributed by atoms with Crippen LogP contribution in [0.4, 0.5) is 0 Å². The van der Waals surface area contributed by atoms with Crippen molar-refractivity contribution >= 4 is 16.7 Å². The largest absolute Gasteiger partial charge is 0.497 e. The lowest BCUT2D eigenvalue weighted by Gasteiger charge is -2.29. The molecule has 0 aliphatic carbocycles. The second-order valence-electron chi connectivity index (χ2n) is 7.68. The van der Waals surface area contributed by atoms with E-state index in [4.69, 9.17) is 9.47 Å². The van der Waals surface area contributed by atoms with E-state index in [2.05, 4.69) is 11.4 Å². The van der Waals surface area contributed by atoms with Crippen molar-refractivity contribution in [2.45, 2.75) is 5.92 Å². The average Bonchev–Trinajstić information content (AvgIpc) is 2.88. The van der Waals surface area contributed by atoms with Crippen molar-refractivity contribution in [1.82, 2.24) is 5.32 Å². The van der Waals surface area contributed by atoms with E-state index in [0.717, 1.165) is 27.6 Å². The molecule has 0 fully saturated rings. The zero-order valence-corrected chi connectivity index (χ0v) is 17.9. The van der Waals surface area contributed by atoms with Gasteiger partial charge in [-0.1, -0.05) is 60.7 Å². The molecule has 33 heavy (non-hydrogen) atoms. The molecule has 1 N–H and O–H groups in total. The number of amides is 1. The number of nitrogens with zero attached hydrogens (tertiary/aromatic N) is 1. The molecule has 4 aromatic rings. The third-order valence-electron chi connectivity index (χ3n) is 5.80. The molecule has 0 bridgehead atoms. The highest BCUT2D eigenvalue weighted by atomic mass is 16.5. The lowest BCUT2D eigenvalue weighted by atomic mass is 9.81. The molecular formula is C28H20N2O3. The first kappa shape index (κ1) is 20.3. The van der Waals surface area contributed by atoms with Crippen LogP contribution in [-0.2, 0) is 0 Å². The quantitative estimate of drug-likeness (QED) is 0.460. The number of ether oxygens (including phenoxy) is 2. The molecule has 5 nitrogen and oxygen atoms in total. The van der Waals surface area contributed by atoms with Crippen LogP contribution in [0.1, 0.15) is 27.4 Å². The van der Waals surface area contributed by atoms with Gasteiger partial charge < -0.3 is 9.47 Å². The predicted octanol–water partition coefficient (Wildman–Crippen LogP) is 5.54. The van der Waals surface area contributed by atoms with Crippen molar-refractivity contribution in [3.05, 3.63) is 119 Å². The van der Waals surface area contributed by atoms with E-state index in [1.807, 2.05) is 66.7 Å². The summed E-state index contributed by atoms with van der Waals surface area (Å²) in [4.78, 5) is 12.9. The summed E-state index contributed by atoms with van der Waals surface area (Å²) in [5.74, 6) is 0.730. The lowest BCUT2D eigenvalue weighted by molar-refractivity contribution is 0.0947. The summed E-state index contributed by atoms with van der Waals surface area (Å²) in [6, 6.07) is 30.6. The molecule has 160 valence electrons. The Morgan fingerprint density at radius 1 is 0.939 bits per heavy atom. The number of rotatable bonds is 4. The molecule has 1 heterocycles. The third kappa shape index (κ3) is 3.68. The number of hydrogen-bond acceptors (Lipinski definition) is 4. The first-order valence-electron chi connectivity index (χ1n) is 10.5. The predicted molar refractivity (Wildman–Crippen MR) is 126 cm³/mol. The average molecular weight is 432 g/mol. The molecular weight excluding hydrogens is 412 g/mol. The number of allylic oxidation sites excluding steroid dienone is 1. The smallest absolute Gasteiger partial charge is 0.257 e. The van der Waals surface area contributed by atoms with Crippen molar-refractivity contribution in [2.24, 2.45) is 0 Å². The Morgan fingerprint density at radius 2 is 1.67 bits per heavy atom. The van der Waals surface area contributed by atoms with Crippen molar-refractivity contribution in [2.75, 3.05) is 7.11 Å². The Hall–Kier alpha value is -4.56. The molecule has 1 unspecified atom stereocenters. The highest BCUT2D eigenvalue weighted by Crippen LogP contribution is 2.46. The van der Waals surface area contributed by atoms with Crippen LogP contribution in [0.25, 0.3) is 10.8 Å². The molecule has 0 saturated carbocycles. The molecule has 5 heteroatoms. The Kier molecular flexibility index (Phi) is 5.26. The van der Waals surface area contributed by atoms with Gasteiger partial charge >= 0.3 is 0 Å². The van der Waals surface area contributed by atoms with Gasteiger partial charge in [0.05, 0.1) is 13.0 Å². The summed E-state index contributed by atoms with van der Waals surface area (Å²) >= 11 is 0. The van der Waals surface area contributed by atoms with Gasteiger partial charge in [-0.3, -0.25) is 10.1 Å². The molecule has 5 rings (SSSR count). The normalized spacial score (nSPS) is 14.7. The van der Waals surface area contributed by atoms with E-state index in [-0.39, 0.29) is 11.8 Å². The van der Waals surface area contributed by atoms with Gasteiger partial charge in [0.2, 0.25) is 5.88 Å². The number of hydrogen-bond donors (Lipinski definition) is 1. The van der Waals surface area contributed by atoms with Gasteiger partial charge in [-0.15, -0.1) is 0 Å². The van der Waals surface area contributed by atoms with Crippen LogP contribution in [0.2, 0.25) is 0 Å². The fourth-order valence-electron chi connectivity index (χ4n) is 4.21. The molecule has 4 aromatic carbocycles. The number of nitrogens with one attached hydrogen (secondary N) is 1. The molecule has 1 aliphatic heterocycles. The number of carbonyl (C=O) groups excluding carboxylic acids is 1. The lowest BCUT2D eigenvalue weighted by Crippen LogP contribution is -2.31. The molecule has 0 spiro atoms. The van der Waals surface area contributed by atoms with E-state index in [1.54, 1.807) is 31.4 Å². The number of fused-ring (bicyclic) bond motifs is 3. The summed E-state index contributed by atoms with van der Waals surface area (Å²) in [7, 11) is 1.62. The number of carbonyl (C=O) groups is 1. The second kappa shape index (κ2) is 8.52. The number of nitriles is 1. The summed E-state index contributed by atoms with van der Waals surface area (Å²) in [6.45, 7) is 0. The molecule has 1 aliphatic rings. The maximum atomic E-state index is 12.9. The summed E-state index contributed by atoms with van der Waals surface area (Å²) < 4.78 is 11.4.